The van der Waals surface area contributed by atoms with Gasteiger partial charge in [-0.05, 0) is 37.5 Å². The molecule has 4 atom stereocenters. The van der Waals surface area contributed by atoms with Crippen LogP contribution in [0.3, 0.4) is 0 Å². The summed E-state index contributed by atoms with van der Waals surface area (Å²) in [5.74, 6) is 2.03. The first-order valence-corrected chi connectivity index (χ1v) is 7.64. The maximum absolute atomic E-state index is 11.6. The van der Waals surface area contributed by atoms with Gasteiger partial charge in [0.2, 0.25) is 5.91 Å². The van der Waals surface area contributed by atoms with Gasteiger partial charge in [-0.15, -0.1) is 0 Å². The number of hydrogen-bond donors (Lipinski definition) is 1. The van der Waals surface area contributed by atoms with E-state index in [4.69, 9.17) is 0 Å². The van der Waals surface area contributed by atoms with Crippen molar-refractivity contribution in [1.29, 1.82) is 0 Å². The molecule has 0 bridgehead atoms. The maximum atomic E-state index is 11.6. The predicted molar refractivity (Wildman–Crippen MR) is 74.4 cm³/mol. The van der Waals surface area contributed by atoms with Gasteiger partial charge >= 0.3 is 0 Å². The molecule has 1 heterocycles. The van der Waals surface area contributed by atoms with Gasteiger partial charge < -0.3 is 10.2 Å². The molecule has 0 radical (unpaired) electrons. The van der Waals surface area contributed by atoms with Crippen molar-refractivity contribution < 1.29 is 4.79 Å². The summed E-state index contributed by atoms with van der Waals surface area (Å²) in [4.78, 5) is 13.7. The number of likely N-dealkylation sites (tertiary alicyclic amines) is 1. The summed E-state index contributed by atoms with van der Waals surface area (Å²) in [5.41, 5.74) is 0. The summed E-state index contributed by atoms with van der Waals surface area (Å²) < 4.78 is 0. The number of nitrogens with one attached hydrogen (secondary N) is 1. The lowest BCUT2D eigenvalue weighted by Crippen LogP contribution is -2.44. The SMILES string of the molecule is CCC(=O)N1CC[C@H](N[C@@H]2CC[C@H](C)[C@@H](C)C2)C1. The van der Waals surface area contributed by atoms with Crippen LogP contribution in [-0.4, -0.2) is 36.0 Å². The normalized spacial score (nSPS) is 36.9. The van der Waals surface area contributed by atoms with E-state index < -0.39 is 0 Å². The Bertz CT molecular complexity index is 292. The van der Waals surface area contributed by atoms with Crippen molar-refractivity contribution >= 4 is 5.91 Å². The molecule has 18 heavy (non-hydrogen) atoms. The van der Waals surface area contributed by atoms with E-state index in [1.54, 1.807) is 0 Å². The standard InChI is InChI=1S/C15H28N2O/c1-4-15(18)17-8-7-14(10-17)16-13-6-5-11(2)12(3)9-13/h11-14,16H,4-10H2,1-3H3/t11-,12-,13+,14-/m0/s1. The number of amides is 1. The molecule has 1 amide bonds. The summed E-state index contributed by atoms with van der Waals surface area (Å²) in [7, 11) is 0. The molecule has 1 N–H and O–H groups in total. The lowest BCUT2D eigenvalue weighted by Gasteiger charge is -2.34. The van der Waals surface area contributed by atoms with Gasteiger partial charge in [0.1, 0.15) is 0 Å². The molecule has 1 aliphatic heterocycles. The van der Waals surface area contributed by atoms with Crippen molar-refractivity contribution in [3.8, 4) is 0 Å². The number of carbonyl (C=O) groups is 1. The van der Waals surface area contributed by atoms with Crippen LogP contribution in [0.5, 0.6) is 0 Å². The molecule has 0 aromatic carbocycles. The highest BCUT2D eigenvalue weighted by Gasteiger charge is 2.30. The van der Waals surface area contributed by atoms with Gasteiger partial charge in [-0.25, -0.2) is 0 Å². The van der Waals surface area contributed by atoms with Gasteiger partial charge in [0.15, 0.2) is 0 Å². The second-order valence-corrected chi connectivity index (χ2v) is 6.31. The Balaban J connectivity index is 1.76. The van der Waals surface area contributed by atoms with Crippen LogP contribution in [0.15, 0.2) is 0 Å². The van der Waals surface area contributed by atoms with E-state index in [-0.39, 0.29) is 0 Å². The molecule has 0 spiro atoms. The molecule has 3 heteroatoms. The van der Waals surface area contributed by atoms with Crippen LogP contribution in [0, 0.1) is 11.8 Å². The minimum Gasteiger partial charge on any atom is -0.341 e. The summed E-state index contributed by atoms with van der Waals surface area (Å²) in [6.45, 7) is 8.57. The molecule has 1 saturated heterocycles. The molecular formula is C15H28N2O. The molecule has 1 aliphatic carbocycles. The van der Waals surface area contributed by atoms with Gasteiger partial charge in [0, 0.05) is 31.6 Å². The van der Waals surface area contributed by atoms with Gasteiger partial charge in [0.25, 0.3) is 0 Å². The molecule has 0 aromatic heterocycles. The Morgan fingerprint density at radius 2 is 1.94 bits per heavy atom. The van der Waals surface area contributed by atoms with E-state index in [1.807, 2.05) is 11.8 Å². The van der Waals surface area contributed by atoms with Gasteiger partial charge in [0.05, 0.1) is 0 Å². The van der Waals surface area contributed by atoms with Crippen molar-refractivity contribution in [1.82, 2.24) is 10.2 Å². The topological polar surface area (TPSA) is 32.3 Å². The lowest BCUT2D eigenvalue weighted by molar-refractivity contribution is -0.129. The third-order valence-electron chi connectivity index (χ3n) is 4.91. The second-order valence-electron chi connectivity index (χ2n) is 6.31. The Morgan fingerprint density at radius 3 is 2.61 bits per heavy atom. The van der Waals surface area contributed by atoms with Crippen molar-refractivity contribution in [3.05, 3.63) is 0 Å². The van der Waals surface area contributed by atoms with Gasteiger partial charge in [-0.2, -0.15) is 0 Å². The second kappa shape index (κ2) is 6.05. The quantitative estimate of drug-likeness (QED) is 0.836. The number of hydrogen-bond acceptors (Lipinski definition) is 2. The fourth-order valence-electron chi connectivity index (χ4n) is 3.38. The average molecular weight is 252 g/mol. The van der Waals surface area contributed by atoms with Crippen LogP contribution in [0.4, 0.5) is 0 Å². The molecule has 0 aromatic rings. The monoisotopic (exact) mass is 252 g/mol. The third kappa shape index (κ3) is 3.25. The van der Waals surface area contributed by atoms with Crippen LogP contribution in [0.2, 0.25) is 0 Å². The van der Waals surface area contributed by atoms with Crippen LogP contribution in [-0.2, 0) is 4.79 Å². The Morgan fingerprint density at radius 1 is 1.17 bits per heavy atom. The van der Waals surface area contributed by atoms with E-state index in [0.717, 1.165) is 31.3 Å². The summed E-state index contributed by atoms with van der Waals surface area (Å²) in [6.07, 6.45) is 5.74. The minimum absolute atomic E-state index is 0.310. The molecular weight excluding hydrogens is 224 g/mol. The van der Waals surface area contributed by atoms with Crippen LogP contribution in [0.1, 0.15) is 52.9 Å². The Labute approximate surface area is 111 Å². The zero-order valence-corrected chi connectivity index (χ0v) is 12.1. The summed E-state index contributed by atoms with van der Waals surface area (Å²) in [5, 5.41) is 3.78. The largest absolute Gasteiger partial charge is 0.341 e. The van der Waals surface area contributed by atoms with E-state index in [0.29, 0.717) is 24.4 Å². The Kier molecular flexibility index (Phi) is 4.66. The molecule has 3 nitrogen and oxygen atoms in total. The Hall–Kier alpha value is -0.570. The summed E-state index contributed by atoms with van der Waals surface area (Å²) >= 11 is 0. The fraction of sp³-hybridized carbons (Fsp3) is 0.933. The highest BCUT2D eigenvalue weighted by atomic mass is 16.2. The average Bonchev–Trinajstić information content (AvgIpc) is 2.81. The fourth-order valence-corrected chi connectivity index (χ4v) is 3.38. The van der Waals surface area contributed by atoms with Gasteiger partial charge in [-0.1, -0.05) is 20.8 Å². The van der Waals surface area contributed by atoms with Crippen molar-refractivity contribution in [2.75, 3.05) is 13.1 Å². The van der Waals surface area contributed by atoms with E-state index in [1.165, 1.54) is 19.3 Å². The molecule has 0 unspecified atom stereocenters. The first-order valence-electron chi connectivity index (χ1n) is 7.64. The van der Waals surface area contributed by atoms with Crippen LogP contribution >= 0.6 is 0 Å². The van der Waals surface area contributed by atoms with Crippen molar-refractivity contribution in [2.24, 2.45) is 11.8 Å². The highest BCUT2D eigenvalue weighted by Crippen LogP contribution is 2.30. The number of rotatable bonds is 3. The summed E-state index contributed by atoms with van der Waals surface area (Å²) in [6, 6.07) is 1.21. The molecule has 2 rings (SSSR count). The molecule has 1 saturated carbocycles. The number of carbonyl (C=O) groups excluding carboxylic acids is 1. The maximum Gasteiger partial charge on any atom is 0.222 e. The molecule has 2 fully saturated rings. The predicted octanol–water partition coefficient (Wildman–Crippen LogP) is 2.41. The lowest BCUT2D eigenvalue weighted by atomic mass is 9.79. The van der Waals surface area contributed by atoms with Crippen LogP contribution < -0.4 is 5.32 Å². The smallest absolute Gasteiger partial charge is 0.222 e. The van der Waals surface area contributed by atoms with E-state index >= 15 is 0 Å². The van der Waals surface area contributed by atoms with Crippen LogP contribution in [0.25, 0.3) is 0 Å². The van der Waals surface area contributed by atoms with Gasteiger partial charge in [-0.3, -0.25) is 4.79 Å². The zero-order chi connectivity index (χ0) is 13.1. The van der Waals surface area contributed by atoms with E-state index in [9.17, 15) is 4.79 Å². The number of nitrogens with zero attached hydrogens (tertiary/aromatic N) is 1. The first-order chi connectivity index (χ1) is 8.60. The van der Waals surface area contributed by atoms with E-state index in [2.05, 4.69) is 19.2 Å². The highest BCUT2D eigenvalue weighted by molar-refractivity contribution is 5.76. The van der Waals surface area contributed by atoms with Crippen molar-refractivity contribution in [2.45, 2.75) is 65.0 Å². The minimum atomic E-state index is 0.310. The van der Waals surface area contributed by atoms with Crippen molar-refractivity contribution in [3.63, 3.8) is 0 Å². The third-order valence-corrected chi connectivity index (χ3v) is 4.91. The zero-order valence-electron chi connectivity index (χ0n) is 12.1. The first kappa shape index (κ1) is 13.9. The molecule has 104 valence electrons. The molecule has 2 aliphatic rings.